The van der Waals surface area contributed by atoms with Crippen molar-refractivity contribution in [3.8, 4) is 0 Å². The Morgan fingerprint density at radius 2 is 1.84 bits per heavy atom. The molecule has 25 heavy (non-hydrogen) atoms. The molecule has 0 aliphatic heterocycles. The second-order valence-corrected chi connectivity index (χ2v) is 5.98. The van der Waals surface area contributed by atoms with Crippen LogP contribution in [0.5, 0.6) is 0 Å². The van der Waals surface area contributed by atoms with Crippen LogP contribution in [0.3, 0.4) is 0 Å². The van der Waals surface area contributed by atoms with Crippen molar-refractivity contribution in [1.82, 2.24) is 10.3 Å². The van der Waals surface area contributed by atoms with Crippen LogP contribution < -0.4 is 5.32 Å². The topological polar surface area (TPSA) is 82.2 Å². The minimum absolute atomic E-state index is 0.220. The molecule has 5 heteroatoms. The first-order valence-corrected chi connectivity index (χ1v) is 8.26. The van der Waals surface area contributed by atoms with Gasteiger partial charge in [0.05, 0.1) is 0 Å². The van der Waals surface area contributed by atoms with Crippen molar-refractivity contribution in [2.24, 2.45) is 0 Å². The van der Waals surface area contributed by atoms with Crippen molar-refractivity contribution in [1.29, 1.82) is 0 Å². The number of carboxylic acid groups (broad SMARTS) is 1. The highest BCUT2D eigenvalue weighted by molar-refractivity contribution is 5.96. The fourth-order valence-electron chi connectivity index (χ4n) is 2.85. The van der Waals surface area contributed by atoms with E-state index >= 15 is 0 Å². The molecule has 0 bridgehead atoms. The normalized spacial score (nSPS) is 12.0. The molecule has 0 saturated carbocycles. The van der Waals surface area contributed by atoms with Gasteiger partial charge in [-0.2, -0.15) is 0 Å². The molecule has 1 heterocycles. The molecule has 0 aliphatic rings. The minimum atomic E-state index is -1.05. The van der Waals surface area contributed by atoms with Crippen LogP contribution in [0.1, 0.15) is 28.4 Å². The molecule has 1 aromatic heterocycles. The zero-order valence-corrected chi connectivity index (χ0v) is 14.0. The maximum atomic E-state index is 12.4. The third-order valence-corrected chi connectivity index (χ3v) is 4.33. The average Bonchev–Trinajstić information content (AvgIpc) is 3.04. The first-order chi connectivity index (χ1) is 12.1. The van der Waals surface area contributed by atoms with E-state index in [1.54, 1.807) is 18.3 Å². The fourth-order valence-corrected chi connectivity index (χ4v) is 2.85. The average molecular weight is 336 g/mol. The number of amides is 1. The standard InChI is InChI=1S/C20H20N2O3/c1-2-13-7-9-14(10-8-13)19(23)22-18(20(24)25)11-15-12-21-17-6-4-3-5-16(15)17/h3-10,12,18,21H,2,11H2,1H3,(H,22,23)(H,24,25)/t18-/m0/s1. The molecule has 3 rings (SSSR count). The van der Waals surface area contributed by atoms with Gasteiger partial charge in [-0.1, -0.05) is 37.3 Å². The Hall–Kier alpha value is -3.08. The fraction of sp³-hybridized carbons (Fsp3) is 0.200. The van der Waals surface area contributed by atoms with Gasteiger partial charge >= 0.3 is 5.97 Å². The summed E-state index contributed by atoms with van der Waals surface area (Å²) in [5, 5.41) is 13.1. The van der Waals surface area contributed by atoms with Crippen LogP contribution in [0.4, 0.5) is 0 Å². The smallest absolute Gasteiger partial charge is 0.326 e. The summed E-state index contributed by atoms with van der Waals surface area (Å²) in [7, 11) is 0. The number of aromatic amines is 1. The number of aliphatic carboxylic acids is 1. The number of aryl methyl sites for hydroxylation is 1. The number of nitrogens with one attached hydrogen (secondary N) is 2. The number of para-hydroxylation sites is 1. The predicted molar refractivity (Wildman–Crippen MR) is 96.7 cm³/mol. The van der Waals surface area contributed by atoms with Crippen LogP contribution in [0.2, 0.25) is 0 Å². The first-order valence-electron chi connectivity index (χ1n) is 8.26. The Morgan fingerprint density at radius 3 is 2.52 bits per heavy atom. The first kappa shape index (κ1) is 16.8. The van der Waals surface area contributed by atoms with Crippen LogP contribution in [-0.4, -0.2) is 28.0 Å². The molecule has 0 spiro atoms. The maximum Gasteiger partial charge on any atom is 0.326 e. The molecule has 0 saturated heterocycles. The number of rotatable bonds is 6. The van der Waals surface area contributed by atoms with E-state index < -0.39 is 12.0 Å². The Labute approximate surface area is 145 Å². The number of carbonyl (C=O) groups is 2. The molecule has 3 N–H and O–H groups in total. The number of benzene rings is 2. The molecule has 0 aliphatic carbocycles. The SMILES string of the molecule is CCc1ccc(C(=O)N[C@@H](Cc2c[nH]c3ccccc23)C(=O)O)cc1. The van der Waals surface area contributed by atoms with E-state index in [1.165, 1.54) is 0 Å². The summed E-state index contributed by atoms with van der Waals surface area (Å²) >= 11 is 0. The van der Waals surface area contributed by atoms with E-state index in [4.69, 9.17) is 0 Å². The third-order valence-electron chi connectivity index (χ3n) is 4.33. The Kier molecular flexibility index (Phi) is 4.84. The van der Waals surface area contributed by atoms with Crippen molar-refractivity contribution in [2.75, 3.05) is 0 Å². The van der Waals surface area contributed by atoms with E-state index in [2.05, 4.69) is 10.3 Å². The van der Waals surface area contributed by atoms with Crippen molar-refractivity contribution >= 4 is 22.8 Å². The Balaban J connectivity index is 1.76. The van der Waals surface area contributed by atoms with Crippen molar-refractivity contribution in [2.45, 2.75) is 25.8 Å². The number of hydrogen-bond acceptors (Lipinski definition) is 2. The van der Waals surface area contributed by atoms with Crippen molar-refractivity contribution < 1.29 is 14.7 Å². The highest BCUT2D eigenvalue weighted by Crippen LogP contribution is 2.19. The predicted octanol–water partition coefficient (Wildman–Crippen LogP) is 3.16. The van der Waals surface area contributed by atoms with Gasteiger partial charge in [0.25, 0.3) is 5.91 Å². The quantitative estimate of drug-likeness (QED) is 0.647. The maximum absolute atomic E-state index is 12.4. The molecule has 5 nitrogen and oxygen atoms in total. The summed E-state index contributed by atoms with van der Waals surface area (Å²) < 4.78 is 0. The molecule has 128 valence electrons. The summed E-state index contributed by atoms with van der Waals surface area (Å²) in [6.45, 7) is 2.04. The van der Waals surface area contributed by atoms with E-state index in [9.17, 15) is 14.7 Å². The number of aromatic nitrogens is 1. The van der Waals surface area contributed by atoms with Gasteiger partial charge in [-0.3, -0.25) is 4.79 Å². The minimum Gasteiger partial charge on any atom is -0.480 e. The Morgan fingerprint density at radius 1 is 1.12 bits per heavy atom. The summed E-state index contributed by atoms with van der Waals surface area (Å²) in [6.07, 6.45) is 2.90. The second kappa shape index (κ2) is 7.21. The van der Waals surface area contributed by atoms with Crippen molar-refractivity contribution in [3.63, 3.8) is 0 Å². The van der Waals surface area contributed by atoms with Crippen LogP contribution in [-0.2, 0) is 17.6 Å². The molecule has 2 aromatic carbocycles. The molecular weight excluding hydrogens is 316 g/mol. The summed E-state index contributed by atoms with van der Waals surface area (Å²) in [4.78, 5) is 27.1. The highest BCUT2D eigenvalue weighted by atomic mass is 16.4. The van der Waals surface area contributed by atoms with Crippen LogP contribution >= 0.6 is 0 Å². The van der Waals surface area contributed by atoms with E-state index in [0.717, 1.165) is 28.5 Å². The van der Waals surface area contributed by atoms with Gasteiger partial charge in [-0.05, 0) is 35.7 Å². The van der Waals surface area contributed by atoms with Crippen LogP contribution in [0, 0.1) is 0 Å². The zero-order chi connectivity index (χ0) is 17.8. The lowest BCUT2D eigenvalue weighted by molar-refractivity contribution is -0.139. The molecular formula is C20H20N2O3. The molecule has 1 atom stereocenters. The lowest BCUT2D eigenvalue weighted by Crippen LogP contribution is -2.42. The monoisotopic (exact) mass is 336 g/mol. The van der Waals surface area contributed by atoms with Crippen molar-refractivity contribution in [3.05, 3.63) is 71.4 Å². The lowest BCUT2D eigenvalue weighted by atomic mass is 10.0. The molecule has 0 unspecified atom stereocenters. The second-order valence-electron chi connectivity index (χ2n) is 5.98. The Bertz CT molecular complexity index is 897. The number of H-pyrrole nitrogens is 1. The van der Waals surface area contributed by atoms with E-state index in [1.807, 2.05) is 43.3 Å². The third kappa shape index (κ3) is 3.71. The summed E-state index contributed by atoms with van der Waals surface area (Å²) in [5.41, 5.74) is 3.40. The van der Waals surface area contributed by atoms with Gasteiger partial charge in [0.2, 0.25) is 0 Å². The van der Waals surface area contributed by atoms with Gasteiger partial charge in [0.1, 0.15) is 6.04 Å². The summed E-state index contributed by atoms with van der Waals surface area (Å²) in [6, 6.07) is 13.9. The number of carbonyl (C=O) groups excluding carboxylic acids is 1. The number of carboxylic acids is 1. The lowest BCUT2D eigenvalue weighted by Gasteiger charge is -2.14. The van der Waals surface area contributed by atoms with Crippen LogP contribution in [0.15, 0.2) is 54.7 Å². The van der Waals surface area contributed by atoms with Gasteiger partial charge in [0.15, 0.2) is 0 Å². The van der Waals surface area contributed by atoms with E-state index in [0.29, 0.717) is 5.56 Å². The van der Waals surface area contributed by atoms with Crippen LogP contribution in [0.25, 0.3) is 10.9 Å². The molecule has 0 fully saturated rings. The summed E-state index contributed by atoms with van der Waals surface area (Å²) in [5.74, 6) is -1.43. The molecule has 0 radical (unpaired) electrons. The zero-order valence-electron chi connectivity index (χ0n) is 14.0. The number of fused-ring (bicyclic) bond motifs is 1. The molecule has 3 aromatic rings. The largest absolute Gasteiger partial charge is 0.480 e. The van der Waals surface area contributed by atoms with Gasteiger partial charge in [-0.15, -0.1) is 0 Å². The van der Waals surface area contributed by atoms with Gasteiger partial charge < -0.3 is 15.4 Å². The van der Waals surface area contributed by atoms with E-state index in [-0.39, 0.29) is 12.3 Å². The van der Waals surface area contributed by atoms with Gasteiger partial charge in [0, 0.05) is 29.1 Å². The highest BCUT2D eigenvalue weighted by Gasteiger charge is 2.22. The number of hydrogen-bond donors (Lipinski definition) is 3. The molecule has 1 amide bonds. The van der Waals surface area contributed by atoms with Gasteiger partial charge in [-0.25, -0.2) is 4.79 Å².